The third-order valence-corrected chi connectivity index (χ3v) is 4.95. The molecule has 3 aromatic carbocycles. The maximum atomic E-state index is 12.6. The number of nitrogens with zero attached hydrogens (tertiary/aromatic N) is 2. The standard InChI is InChI=1S/C26H25N3O2/c1-20(31-24-15-9-4-10-16-24)26(30)27-17-23-19-29(18-21-11-5-2-6-12-21)28-25(23)22-13-7-3-8-14-22/h2-16,19-20H,17-18H2,1H3,(H,27,30). The van der Waals surface area contributed by atoms with Gasteiger partial charge in [0.1, 0.15) is 5.75 Å². The predicted octanol–water partition coefficient (Wildman–Crippen LogP) is 4.68. The van der Waals surface area contributed by atoms with Crippen LogP contribution in [0.4, 0.5) is 0 Å². The van der Waals surface area contributed by atoms with Gasteiger partial charge >= 0.3 is 0 Å². The van der Waals surface area contributed by atoms with E-state index in [0.29, 0.717) is 18.8 Å². The zero-order valence-corrected chi connectivity index (χ0v) is 17.4. The number of aromatic nitrogens is 2. The lowest BCUT2D eigenvalue weighted by atomic mass is 10.1. The van der Waals surface area contributed by atoms with E-state index in [2.05, 4.69) is 17.4 Å². The summed E-state index contributed by atoms with van der Waals surface area (Å²) in [7, 11) is 0. The summed E-state index contributed by atoms with van der Waals surface area (Å²) in [5, 5.41) is 7.79. The van der Waals surface area contributed by atoms with Crippen LogP contribution in [0.1, 0.15) is 18.1 Å². The highest BCUT2D eigenvalue weighted by atomic mass is 16.5. The van der Waals surface area contributed by atoms with Crippen LogP contribution in [0.3, 0.4) is 0 Å². The SMILES string of the molecule is CC(Oc1ccccc1)C(=O)NCc1cn(Cc2ccccc2)nc1-c1ccccc1. The lowest BCUT2D eigenvalue weighted by Crippen LogP contribution is -2.35. The van der Waals surface area contributed by atoms with Crippen molar-refractivity contribution in [1.29, 1.82) is 0 Å². The monoisotopic (exact) mass is 411 g/mol. The van der Waals surface area contributed by atoms with Gasteiger partial charge in [-0.1, -0.05) is 78.9 Å². The quantitative estimate of drug-likeness (QED) is 0.458. The van der Waals surface area contributed by atoms with Crippen molar-refractivity contribution in [2.45, 2.75) is 26.1 Å². The lowest BCUT2D eigenvalue weighted by Gasteiger charge is -2.14. The molecule has 0 saturated carbocycles. The molecule has 1 N–H and O–H groups in total. The number of rotatable bonds is 8. The van der Waals surface area contributed by atoms with Gasteiger partial charge in [-0.05, 0) is 24.6 Å². The topological polar surface area (TPSA) is 56.1 Å². The average molecular weight is 412 g/mol. The molecule has 0 bridgehead atoms. The molecule has 0 radical (unpaired) electrons. The third-order valence-electron chi connectivity index (χ3n) is 4.95. The molecule has 156 valence electrons. The number of para-hydroxylation sites is 1. The molecule has 0 aliphatic carbocycles. The zero-order valence-electron chi connectivity index (χ0n) is 17.4. The zero-order chi connectivity index (χ0) is 21.5. The number of hydrogen-bond donors (Lipinski definition) is 1. The van der Waals surface area contributed by atoms with Gasteiger partial charge < -0.3 is 10.1 Å². The molecule has 1 unspecified atom stereocenters. The number of amides is 1. The van der Waals surface area contributed by atoms with Crippen LogP contribution in [0.2, 0.25) is 0 Å². The molecule has 31 heavy (non-hydrogen) atoms. The van der Waals surface area contributed by atoms with Crippen LogP contribution < -0.4 is 10.1 Å². The van der Waals surface area contributed by atoms with E-state index in [1.807, 2.05) is 89.7 Å². The van der Waals surface area contributed by atoms with Crippen molar-refractivity contribution in [2.24, 2.45) is 0 Å². The molecule has 0 saturated heterocycles. The number of hydrogen-bond acceptors (Lipinski definition) is 3. The van der Waals surface area contributed by atoms with E-state index in [0.717, 1.165) is 16.8 Å². The van der Waals surface area contributed by atoms with Crippen molar-refractivity contribution >= 4 is 5.91 Å². The van der Waals surface area contributed by atoms with Crippen molar-refractivity contribution in [3.8, 4) is 17.0 Å². The van der Waals surface area contributed by atoms with E-state index in [4.69, 9.17) is 9.84 Å². The maximum Gasteiger partial charge on any atom is 0.261 e. The molecular formula is C26H25N3O2. The second-order valence-electron chi connectivity index (χ2n) is 7.34. The average Bonchev–Trinajstić information content (AvgIpc) is 3.22. The molecule has 1 aromatic heterocycles. The normalized spacial score (nSPS) is 11.6. The fourth-order valence-corrected chi connectivity index (χ4v) is 3.37. The second-order valence-corrected chi connectivity index (χ2v) is 7.34. The first kappa shape index (κ1) is 20.4. The highest BCUT2D eigenvalue weighted by Gasteiger charge is 2.17. The Labute approximate surface area is 182 Å². The molecule has 4 aromatic rings. The van der Waals surface area contributed by atoms with E-state index < -0.39 is 6.10 Å². The maximum absolute atomic E-state index is 12.6. The van der Waals surface area contributed by atoms with Crippen LogP contribution in [0, 0.1) is 0 Å². The third kappa shape index (κ3) is 5.39. The van der Waals surface area contributed by atoms with E-state index >= 15 is 0 Å². The minimum absolute atomic E-state index is 0.168. The van der Waals surface area contributed by atoms with Crippen molar-refractivity contribution in [3.05, 3.63) is 108 Å². The van der Waals surface area contributed by atoms with Crippen molar-refractivity contribution < 1.29 is 9.53 Å². The number of carbonyl (C=O) groups excluding carboxylic acids is 1. The largest absolute Gasteiger partial charge is 0.481 e. The summed E-state index contributed by atoms with van der Waals surface area (Å²) in [4.78, 5) is 12.6. The van der Waals surface area contributed by atoms with Gasteiger partial charge in [-0.2, -0.15) is 5.10 Å². The fourth-order valence-electron chi connectivity index (χ4n) is 3.37. The second kappa shape index (κ2) is 9.76. The van der Waals surface area contributed by atoms with Crippen LogP contribution in [0.15, 0.2) is 97.2 Å². The molecule has 5 nitrogen and oxygen atoms in total. The Morgan fingerprint density at radius 3 is 2.23 bits per heavy atom. The number of nitrogens with one attached hydrogen (secondary N) is 1. The Balaban J connectivity index is 1.49. The summed E-state index contributed by atoms with van der Waals surface area (Å²) >= 11 is 0. The molecule has 5 heteroatoms. The predicted molar refractivity (Wildman–Crippen MR) is 122 cm³/mol. The van der Waals surface area contributed by atoms with Crippen LogP contribution in [0.25, 0.3) is 11.3 Å². The Hall–Kier alpha value is -3.86. The highest BCUT2D eigenvalue weighted by molar-refractivity contribution is 5.81. The van der Waals surface area contributed by atoms with Gasteiger partial charge in [0.2, 0.25) is 0 Å². The minimum Gasteiger partial charge on any atom is -0.481 e. The smallest absolute Gasteiger partial charge is 0.261 e. The van der Waals surface area contributed by atoms with Crippen molar-refractivity contribution in [1.82, 2.24) is 15.1 Å². The Kier molecular flexibility index (Phi) is 6.43. The Bertz CT molecular complexity index is 1110. The van der Waals surface area contributed by atoms with Crippen LogP contribution in [-0.4, -0.2) is 21.8 Å². The minimum atomic E-state index is -0.595. The summed E-state index contributed by atoms with van der Waals surface area (Å²) in [5.41, 5.74) is 4.02. The summed E-state index contributed by atoms with van der Waals surface area (Å²) in [6.45, 7) is 2.79. The highest BCUT2D eigenvalue weighted by Crippen LogP contribution is 2.22. The fraction of sp³-hybridized carbons (Fsp3) is 0.154. The Morgan fingerprint density at radius 2 is 1.55 bits per heavy atom. The van der Waals surface area contributed by atoms with E-state index in [-0.39, 0.29) is 5.91 Å². The molecule has 0 aliphatic heterocycles. The molecule has 4 rings (SSSR count). The molecular weight excluding hydrogens is 386 g/mol. The molecule has 0 spiro atoms. The van der Waals surface area contributed by atoms with Gasteiger partial charge in [0.15, 0.2) is 6.10 Å². The number of benzene rings is 3. The molecule has 1 atom stereocenters. The Morgan fingerprint density at radius 1 is 0.935 bits per heavy atom. The molecule has 1 heterocycles. The first-order chi connectivity index (χ1) is 15.2. The van der Waals surface area contributed by atoms with Gasteiger partial charge in [-0.15, -0.1) is 0 Å². The molecule has 1 amide bonds. The summed E-state index contributed by atoms with van der Waals surface area (Å²) in [6, 6.07) is 29.6. The van der Waals surface area contributed by atoms with Crippen LogP contribution in [0.5, 0.6) is 5.75 Å². The summed E-state index contributed by atoms with van der Waals surface area (Å²) in [6.07, 6.45) is 1.40. The van der Waals surface area contributed by atoms with Crippen LogP contribution >= 0.6 is 0 Å². The van der Waals surface area contributed by atoms with Gasteiger partial charge in [0.05, 0.1) is 12.2 Å². The van der Waals surface area contributed by atoms with E-state index in [1.165, 1.54) is 5.56 Å². The number of ether oxygens (including phenoxy) is 1. The summed E-state index contributed by atoms with van der Waals surface area (Å²) in [5.74, 6) is 0.504. The first-order valence-electron chi connectivity index (χ1n) is 10.3. The van der Waals surface area contributed by atoms with Crippen molar-refractivity contribution in [3.63, 3.8) is 0 Å². The van der Waals surface area contributed by atoms with Gasteiger partial charge in [0, 0.05) is 23.9 Å². The molecule has 0 fully saturated rings. The van der Waals surface area contributed by atoms with Gasteiger partial charge in [-0.25, -0.2) is 0 Å². The number of carbonyl (C=O) groups is 1. The van der Waals surface area contributed by atoms with Crippen molar-refractivity contribution in [2.75, 3.05) is 0 Å². The first-order valence-corrected chi connectivity index (χ1v) is 10.3. The molecule has 0 aliphatic rings. The van der Waals surface area contributed by atoms with Gasteiger partial charge in [0.25, 0.3) is 5.91 Å². The van der Waals surface area contributed by atoms with Gasteiger partial charge in [-0.3, -0.25) is 9.48 Å². The summed E-state index contributed by atoms with van der Waals surface area (Å²) < 4.78 is 7.65. The van der Waals surface area contributed by atoms with Crippen LogP contribution in [-0.2, 0) is 17.9 Å². The van der Waals surface area contributed by atoms with E-state index in [1.54, 1.807) is 6.92 Å². The van der Waals surface area contributed by atoms with E-state index in [9.17, 15) is 4.79 Å². The lowest BCUT2D eigenvalue weighted by molar-refractivity contribution is -0.127.